The van der Waals surface area contributed by atoms with Crippen LogP contribution in [-0.4, -0.2) is 24.4 Å². The lowest BCUT2D eigenvalue weighted by molar-refractivity contribution is -0.149. The number of carbonyl (C=O) groups excluding carboxylic acids is 2. The van der Waals surface area contributed by atoms with Gasteiger partial charge >= 0.3 is 12.1 Å². The maximum atomic E-state index is 12.4. The lowest BCUT2D eigenvalue weighted by Crippen LogP contribution is -2.50. The van der Waals surface area contributed by atoms with Gasteiger partial charge in [-0.25, -0.2) is 4.79 Å². The molecule has 1 unspecified atom stereocenters. The van der Waals surface area contributed by atoms with Crippen molar-refractivity contribution < 1.29 is 27.5 Å². The van der Waals surface area contributed by atoms with Crippen LogP contribution >= 0.6 is 0 Å². The summed E-state index contributed by atoms with van der Waals surface area (Å²) in [6.45, 7) is 2.49. The van der Waals surface area contributed by atoms with E-state index in [9.17, 15) is 22.8 Å². The highest BCUT2D eigenvalue weighted by Gasteiger charge is 2.39. The van der Waals surface area contributed by atoms with Crippen molar-refractivity contribution in [1.29, 1.82) is 0 Å². The molecular formula is C13H14F3NO3. The first-order valence-corrected chi connectivity index (χ1v) is 5.66. The zero-order valence-corrected chi connectivity index (χ0v) is 11.2. The molecule has 110 valence electrons. The molecule has 1 aromatic carbocycles. The Morgan fingerprint density at radius 1 is 1.15 bits per heavy atom. The molecule has 0 aliphatic rings. The maximum absolute atomic E-state index is 12.4. The molecule has 0 aliphatic heterocycles. The normalized spacial score (nSPS) is 14.3. The summed E-state index contributed by atoms with van der Waals surface area (Å²) < 4.78 is 41.8. The largest absolute Gasteiger partial charge is 0.467 e. The Labute approximate surface area is 113 Å². The molecule has 1 N–H and O–H groups in total. The zero-order valence-electron chi connectivity index (χ0n) is 11.2. The summed E-state index contributed by atoms with van der Waals surface area (Å²) in [4.78, 5) is 23.2. The Bertz CT molecular complexity index is 511. The Morgan fingerprint density at radius 2 is 1.65 bits per heavy atom. The van der Waals surface area contributed by atoms with Crippen molar-refractivity contribution in [2.24, 2.45) is 0 Å². The van der Waals surface area contributed by atoms with Gasteiger partial charge < -0.3 is 10.1 Å². The molecule has 0 fully saturated rings. The Balaban J connectivity index is 3.02. The number of ether oxygens (including phenoxy) is 1. The molecule has 1 atom stereocenters. The summed E-state index contributed by atoms with van der Waals surface area (Å²) in [6.07, 6.45) is -4.44. The molecule has 0 bridgehead atoms. The number of rotatable bonds is 4. The molecule has 0 aromatic heterocycles. The molecule has 7 heteroatoms. The number of alkyl halides is 3. The van der Waals surface area contributed by atoms with Gasteiger partial charge in [0, 0.05) is 5.69 Å². The van der Waals surface area contributed by atoms with E-state index >= 15 is 0 Å². The van der Waals surface area contributed by atoms with Crippen LogP contribution in [0.25, 0.3) is 0 Å². The number of hydrogen-bond acceptors (Lipinski definition) is 4. The van der Waals surface area contributed by atoms with Gasteiger partial charge in [0.25, 0.3) is 0 Å². The summed E-state index contributed by atoms with van der Waals surface area (Å²) in [5, 5.41) is 2.59. The molecule has 0 heterocycles. The molecule has 0 radical (unpaired) electrons. The van der Waals surface area contributed by atoms with E-state index in [0.29, 0.717) is 0 Å². The van der Waals surface area contributed by atoms with Crippen molar-refractivity contribution in [1.82, 2.24) is 0 Å². The second-order valence-electron chi connectivity index (χ2n) is 4.37. The third kappa shape index (κ3) is 3.28. The van der Waals surface area contributed by atoms with Crippen LogP contribution < -0.4 is 5.32 Å². The topological polar surface area (TPSA) is 55.4 Å². The van der Waals surface area contributed by atoms with Gasteiger partial charge in [0.15, 0.2) is 11.3 Å². The van der Waals surface area contributed by atoms with E-state index in [1.165, 1.54) is 13.8 Å². The van der Waals surface area contributed by atoms with Crippen molar-refractivity contribution in [2.75, 3.05) is 12.4 Å². The molecular weight excluding hydrogens is 275 g/mol. The summed E-state index contributed by atoms with van der Waals surface area (Å²) in [5.74, 6) is -1.32. The van der Waals surface area contributed by atoms with Gasteiger partial charge in [-0.3, -0.25) is 4.79 Å². The van der Waals surface area contributed by atoms with Crippen LogP contribution in [0.1, 0.15) is 19.4 Å². The molecule has 0 saturated carbocycles. The standard InChI is InChI=1S/C13H14F3NO3/c1-8(18)12(2,11(19)20-3)17-10-6-4-9(5-7-10)13(14,15)16/h4-7,17H,1-3H3. The first-order chi connectivity index (χ1) is 9.11. The molecule has 4 nitrogen and oxygen atoms in total. The monoisotopic (exact) mass is 289 g/mol. The highest BCUT2D eigenvalue weighted by molar-refractivity contribution is 6.09. The summed E-state index contributed by atoms with van der Waals surface area (Å²) >= 11 is 0. The number of hydrogen-bond donors (Lipinski definition) is 1. The van der Waals surface area contributed by atoms with Crippen LogP contribution in [0.4, 0.5) is 18.9 Å². The number of carbonyl (C=O) groups is 2. The van der Waals surface area contributed by atoms with Crippen molar-refractivity contribution in [3.8, 4) is 0 Å². The van der Waals surface area contributed by atoms with Crippen LogP contribution in [-0.2, 0) is 20.5 Å². The molecule has 1 aromatic rings. The van der Waals surface area contributed by atoms with Gasteiger partial charge in [0.05, 0.1) is 12.7 Å². The molecule has 0 saturated heterocycles. The minimum Gasteiger partial charge on any atom is -0.467 e. The van der Waals surface area contributed by atoms with E-state index in [0.717, 1.165) is 31.4 Å². The number of benzene rings is 1. The Hall–Kier alpha value is -2.05. The van der Waals surface area contributed by atoms with E-state index < -0.39 is 29.0 Å². The maximum Gasteiger partial charge on any atom is 0.416 e. The van der Waals surface area contributed by atoms with Crippen molar-refractivity contribution in [2.45, 2.75) is 25.6 Å². The minimum atomic E-state index is -4.44. The number of methoxy groups -OCH3 is 1. The highest BCUT2D eigenvalue weighted by atomic mass is 19.4. The van der Waals surface area contributed by atoms with Crippen LogP contribution in [0, 0.1) is 0 Å². The van der Waals surface area contributed by atoms with Gasteiger partial charge in [-0.05, 0) is 38.1 Å². The fourth-order valence-electron chi connectivity index (χ4n) is 1.52. The average molecular weight is 289 g/mol. The molecule has 1 rings (SSSR count). The molecule has 0 amide bonds. The quantitative estimate of drug-likeness (QED) is 0.684. The van der Waals surface area contributed by atoms with E-state index in [-0.39, 0.29) is 5.69 Å². The fraction of sp³-hybridized carbons (Fsp3) is 0.385. The lowest BCUT2D eigenvalue weighted by Gasteiger charge is -2.26. The van der Waals surface area contributed by atoms with Gasteiger partial charge in [-0.1, -0.05) is 0 Å². The van der Waals surface area contributed by atoms with Gasteiger partial charge in [-0.15, -0.1) is 0 Å². The first kappa shape index (κ1) is 16.0. The van der Waals surface area contributed by atoms with Crippen molar-refractivity contribution >= 4 is 17.4 Å². The summed E-state index contributed by atoms with van der Waals surface area (Å²) in [5.41, 5.74) is -2.25. The first-order valence-electron chi connectivity index (χ1n) is 5.66. The van der Waals surface area contributed by atoms with Crippen LogP contribution in [0.5, 0.6) is 0 Å². The number of halogens is 3. The molecule has 0 spiro atoms. The third-order valence-electron chi connectivity index (χ3n) is 2.90. The number of anilines is 1. The van der Waals surface area contributed by atoms with Crippen molar-refractivity contribution in [3.05, 3.63) is 29.8 Å². The van der Waals surface area contributed by atoms with Gasteiger partial charge in [-0.2, -0.15) is 13.2 Å². The van der Waals surface area contributed by atoms with E-state index in [1.54, 1.807) is 0 Å². The van der Waals surface area contributed by atoms with Crippen molar-refractivity contribution in [3.63, 3.8) is 0 Å². The average Bonchev–Trinajstić information content (AvgIpc) is 2.36. The van der Waals surface area contributed by atoms with Crippen LogP contribution in [0.3, 0.4) is 0 Å². The molecule has 0 aliphatic carbocycles. The van der Waals surface area contributed by atoms with E-state index in [2.05, 4.69) is 10.1 Å². The summed E-state index contributed by atoms with van der Waals surface area (Å²) in [6, 6.07) is 4.01. The third-order valence-corrected chi connectivity index (χ3v) is 2.90. The predicted molar refractivity (Wildman–Crippen MR) is 66.2 cm³/mol. The Kier molecular flexibility index (Phi) is 4.42. The zero-order chi connectivity index (χ0) is 15.6. The number of ketones is 1. The SMILES string of the molecule is COC(=O)C(C)(Nc1ccc(C(F)(F)F)cc1)C(C)=O. The smallest absolute Gasteiger partial charge is 0.416 e. The molecule has 20 heavy (non-hydrogen) atoms. The second kappa shape index (κ2) is 5.52. The minimum absolute atomic E-state index is 0.209. The predicted octanol–water partition coefficient (Wildman–Crippen LogP) is 2.64. The number of esters is 1. The van der Waals surface area contributed by atoms with E-state index in [4.69, 9.17) is 0 Å². The highest BCUT2D eigenvalue weighted by Crippen LogP contribution is 2.30. The number of Topliss-reactive ketones (excluding diaryl/α,β-unsaturated/α-hetero) is 1. The summed E-state index contributed by atoms with van der Waals surface area (Å²) in [7, 11) is 1.12. The van der Waals surface area contributed by atoms with Gasteiger partial charge in [0.2, 0.25) is 0 Å². The van der Waals surface area contributed by atoms with Crippen LogP contribution in [0.15, 0.2) is 24.3 Å². The fourth-order valence-corrected chi connectivity index (χ4v) is 1.52. The van der Waals surface area contributed by atoms with E-state index in [1.807, 2.05) is 0 Å². The second-order valence-corrected chi connectivity index (χ2v) is 4.37. The number of nitrogens with one attached hydrogen (secondary N) is 1. The Morgan fingerprint density at radius 3 is 2.00 bits per heavy atom. The lowest BCUT2D eigenvalue weighted by atomic mass is 9.97. The van der Waals surface area contributed by atoms with Gasteiger partial charge in [0.1, 0.15) is 0 Å². The van der Waals surface area contributed by atoms with Crippen LogP contribution in [0.2, 0.25) is 0 Å².